The number of anilines is 3. The minimum atomic E-state index is 0.775. The zero-order valence-corrected chi connectivity index (χ0v) is 28.3. The molecule has 1 aromatic heterocycles. The summed E-state index contributed by atoms with van der Waals surface area (Å²) in [7, 11) is 0. The lowest BCUT2D eigenvalue weighted by Gasteiger charge is -2.26. The maximum absolute atomic E-state index is 4.52. The summed E-state index contributed by atoms with van der Waals surface area (Å²) in [6.45, 7) is 24.8. The third-order valence-corrected chi connectivity index (χ3v) is 8.67. The quantitative estimate of drug-likeness (QED) is 0.114. The van der Waals surface area contributed by atoms with E-state index in [-0.39, 0.29) is 0 Å². The van der Waals surface area contributed by atoms with Crippen molar-refractivity contribution in [3.05, 3.63) is 232 Å². The molecular weight excluding hydrogens is 605 g/mol. The summed E-state index contributed by atoms with van der Waals surface area (Å²) in [5, 5.41) is 2.32. The van der Waals surface area contributed by atoms with Gasteiger partial charge in [0, 0.05) is 33.5 Å². The van der Waals surface area contributed by atoms with E-state index in [0.29, 0.717) is 0 Å². The van der Waals surface area contributed by atoms with E-state index in [9.17, 15) is 0 Å². The second kappa shape index (κ2) is 15.1. The van der Waals surface area contributed by atoms with E-state index >= 15 is 0 Å². The van der Waals surface area contributed by atoms with Crippen molar-refractivity contribution < 1.29 is 0 Å². The molecule has 0 fully saturated rings. The van der Waals surface area contributed by atoms with Crippen LogP contribution in [0.25, 0.3) is 38.6 Å². The Bertz CT molecular complexity index is 2340. The second-order valence-corrected chi connectivity index (χ2v) is 12.0. The van der Waals surface area contributed by atoms with Gasteiger partial charge in [-0.15, -0.1) is 0 Å². The highest BCUT2D eigenvalue weighted by atomic mass is 15.1. The molecule has 0 bridgehead atoms. The molecule has 0 saturated carbocycles. The van der Waals surface area contributed by atoms with E-state index in [0.717, 1.165) is 66.9 Å². The summed E-state index contributed by atoms with van der Waals surface area (Å²) in [6.07, 6.45) is 13.2. The lowest BCUT2D eigenvalue weighted by molar-refractivity contribution is 1.23. The third-order valence-electron chi connectivity index (χ3n) is 8.67. The molecule has 0 unspecified atom stereocenters. The third kappa shape index (κ3) is 7.11. The Morgan fingerprint density at radius 2 is 0.960 bits per heavy atom. The van der Waals surface area contributed by atoms with Crippen LogP contribution < -0.4 is 4.90 Å². The molecule has 5 aromatic carbocycles. The first-order valence-electron chi connectivity index (χ1n) is 16.5. The molecule has 2 nitrogen and oxygen atoms in total. The Morgan fingerprint density at radius 1 is 0.460 bits per heavy atom. The standard InChI is InChI=1S/C48H40N2/c1-7-8-17-35(2)36(3)24-25-37(4)38(5)26-27-39(6)49-47-23-16-15-22-45(47)46-33-32-44(34-48(46)49)50(42-20-13-10-14-21-42)43-30-28-41(29-31-43)40-18-11-9-12-19-40/h7-34H,1-6H2/b17-8-,25-24-,27-26-. The number of hydrogen-bond donors (Lipinski definition) is 0. The molecule has 0 amide bonds. The first kappa shape index (κ1) is 33.3. The van der Waals surface area contributed by atoms with Crippen molar-refractivity contribution in [2.75, 3.05) is 4.90 Å². The molecule has 1 heterocycles. The molecule has 0 spiro atoms. The zero-order valence-electron chi connectivity index (χ0n) is 28.3. The molecule has 0 saturated heterocycles. The van der Waals surface area contributed by atoms with E-state index in [1.807, 2.05) is 48.6 Å². The van der Waals surface area contributed by atoms with Gasteiger partial charge in [-0.2, -0.15) is 0 Å². The Labute approximate surface area is 296 Å². The van der Waals surface area contributed by atoms with Crippen LogP contribution in [0.4, 0.5) is 17.1 Å². The van der Waals surface area contributed by atoms with Gasteiger partial charge in [0.1, 0.15) is 0 Å². The van der Waals surface area contributed by atoms with Gasteiger partial charge in [-0.25, -0.2) is 0 Å². The average Bonchev–Trinajstić information content (AvgIpc) is 3.49. The van der Waals surface area contributed by atoms with Gasteiger partial charge in [-0.05, 0) is 82.0 Å². The first-order chi connectivity index (χ1) is 24.4. The highest BCUT2D eigenvalue weighted by Crippen LogP contribution is 2.40. The lowest BCUT2D eigenvalue weighted by Crippen LogP contribution is -2.10. The molecule has 0 radical (unpaired) electrons. The number of benzene rings is 5. The molecule has 0 aliphatic heterocycles. The normalized spacial score (nSPS) is 11.4. The molecular formula is C48H40N2. The van der Waals surface area contributed by atoms with Crippen molar-refractivity contribution in [2.24, 2.45) is 0 Å². The van der Waals surface area contributed by atoms with Crippen LogP contribution in [0.3, 0.4) is 0 Å². The van der Waals surface area contributed by atoms with Gasteiger partial charge in [0.05, 0.1) is 11.0 Å². The van der Waals surface area contributed by atoms with E-state index < -0.39 is 0 Å². The predicted octanol–water partition coefficient (Wildman–Crippen LogP) is 13.5. The number of fused-ring (bicyclic) bond motifs is 3. The van der Waals surface area contributed by atoms with Gasteiger partial charge in [0.15, 0.2) is 0 Å². The number of nitrogens with zero attached hydrogens (tertiary/aromatic N) is 2. The van der Waals surface area contributed by atoms with Gasteiger partial charge in [0.25, 0.3) is 0 Å². The number of hydrogen-bond acceptors (Lipinski definition) is 1. The maximum atomic E-state index is 4.52. The molecule has 2 heteroatoms. The zero-order chi connectivity index (χ0) is 35.0. The fourth-order valence-electron chi connectivity index (χ4n) is 5.95. The van der Waals surface area contributed by atoms with Gasteiger partial charge in [-0.1, -0.05) is 161 Å². The maximum Gasteiger partial charge on any atom is 0.0561 e. The van der Waals surface area contributed by atoms with Crippen LogP contribution in [0.5, 0.6) is 0 Å². The van der Waals surface area contributed by atoms with Crippen molar-refractivity contribution in [3.63, 3.8) is 0 Å². The van der Waals surface area contributed by atoms with Crippen LogP contribution in [-0.4, -0.2) is 4.57 Å². The van der Waals surface area contributed by atoms with Crippen LogP contribution in [0.1, 0.15) is 0 Å². The fraction of sp³-hybridized carbons (Fsp3) is 0. The second-order valence-electron chi connectivity index (χ2n) is 12.0. The number of para-hydroxylation sites is 2. The minimum absolute atomic E-state index is 0.775. The Morgan fingerprint density at radius 3 is 1.62 bits per heavy atom. The Kier molecular flexibility index (Phi) is 10.0. The summed E-state index contributed by atoms with van der Waals surface area (Å²) in [4.78, 5) is 2.29. The molecule has 6 rings (SSSR count). The summed E-state index contributed by atoms with van der Waals surface area (Å²) >= 11 is 0. The molecule has 242 valence electrons. The van der Waals surface area contributed by atoms with Crippen LogP contribution >= 0.6 is 0 Å². The average molecular weight is 645 g/mol. The topological polar surface area (TPSA) is 8.17 Å². The minimum Gasteiger partial charge on any atom is -0.310 e. The lowest BCUT2D eigenvalue weighted by atomic mass is 10.0. The summed E-state index contributed by atoms with van der Waals surface area (Å²) in [6, 6.07) is 44.8. The van der Waals surface area contributed by atoms with Crippen molar-refractivity contribution in [2.45, 2.75) is 0 Å². The Balaban J connectivity index is 1.36. The van der Waals surface area contributed by atoms with Crippen molar-refractivity contribution in [1.29, 1.82) is 0 Å². The highest BCUT2D eigenvalue weighted by molar-refractivity contribution is 6.11. The van der Waals surface area contributed by atoms with E-state index in [2.05, 4.69) is 164 Å². The SMILES string of the molecule is C=C/C=C\C(=C)C(=C)/C=C\C(=C)C(=C)/C=C\C(=C)n1c2ccccc2c2ccc(N(c3ccccc3)c3ccc(-c4ccccc4)cc3)cc21. The monoisotopic (exact) mass is 644 g/mol. The van der Waals surface area contributed by atoms with Crippen molar-refractivity contribution in [3.8, 4) is 11.1 Å². The van der Waals surface area contributed by atoms with Crippen LogP contribution in [0.15, 0.2) is 232 Å². The van der Waals surface area contributed by atoms with Crippen molar-refractivity contribution >= 4 is 44.6 Å². The van der Waals surface area contributed by atoms with Crippen LogP contribution in [0.2, 0.25) is 0 Å². The van der Waals surface area contributed by atoms with Gasteiger partial charge in [0.2, 0.25) is 0 Å². The first-order valence-corrected chi connectivity index (χ1v) is 16.5. The van der Waals surface area contributed by atoms with E-state index in [4.69, 9.17) is 0 Å². The molecule has 0 N–H and O–H groups in total. The predicted molar refractivity (Wildman–Crippen MR) is 219 cm³/mol. The number of allylic oxidation sites excluding steroid dienone is 12. The summed E-state index contributed by atoms with van der Waals surface area (Å²) in [5.74, 6) is 0. The van der Waals surface area contributed by atoms with Gasteiger partial charge >= 0.3 is 0 Å². The molecule has 0 aliphatic rings. The summed E-state index contributed by atoms with van der Waals surface area (Å²) in [5.41, 5.74) is 11.7. The van der Waals surface area contributed by atoms with Gasteiger partial charge < -0.3 is 9.47 Å². The Hall–Kier alpha value is -6.64. The number of rotatable bonds is 13. The fourth-order valence-corrected chi connectivity index (χ4v) is 5.95. The summed E-state index contributed by atoms with van der Waals surface area (Å²) < 4.78 is 2.22. The van der Waals surface area contributed by atoms with Crippen molar-refractivity contribution in [1.82, 2.24) is 4.57 Å². The highest BCUT2D eigenvalue weighted by Gasteiger charge is 2.17. The van der Waals surface area contributed by atoms with E-state index in [1.54, 1.807) is 6.08 Å². The smallest absolute Gasteiger partial charge is 0.0561 e. The largest absolute Gasteiger partial charge is 0.310 e. The molecule has 0 aliphatic carbocycles. The van der Waals surface area contributed by atoms with Gasteiger partial charge in [-0.3, -0.25) is 0 Å². The van der Waals surface area contributed by atoms with Crippen LogP contribution in [-0.2, 0) is 0 Å². The van der Waals surface area contributed by atoms with Crippen LogP contribution in [0, 0.1) is 0 Å². The van der Waals surface area contributed by atoms with E-state index in [1.165, 1.54) is 11.1 Å². The molecule has 0 atom stereocenters. The molecule has 50 heavy (non-hydrogen) atoms. The molecule has 6 aromatic rings. The number of aromatic nitrogens is 1.